The standard InChI is InChI=1S/C60H40N2S.C36H22BrNS.C24H19N/c1-4-14-41(15-5-1)44-24-32-48(33-25-44)61(49-34-26-45(27-35-49)42-16-6-2-7-17-42)50-38-30-47(31-39-50)54-40-55-52-20-10-12-22-56(52)62(51-36-28-46(29-37-51)43-18-8-3-9-19-43)59(55)58-53-21-11-13-23-57(53)63-60(54)58;37-26-18-14-25(15-19-26)30-22-31-28-10-4-6-12-32(28)38(27-20-16-24(17-21-27)23-8-2-1-3-9-23)35(31)34-29-11-5-7-13-33(29)39-36(30)34;1-3-7-19(8-4-1)21-11-15-23(16-12-21)25-24-17-13-22(14-18-24)20-9-5-2-6-10-20/h1-40H;1-22H;1-18,25H. The maximum atomic E-state index is 3.62. The first-order valence-electron chi connectivity index (χ1n) is 43.0. The van der Waals surface area contributed by atoms with Crippen molar-refractivity contribution in [3.8, 4) is 100 Å². The van der Waals surface area contributed by atoms with Gasteiger partial charge in [-0.15, -0.1) is 22.7 Å². The van der Waals surface area contributed by atoms with Gasteiger partial charge in [-0.05, 0) is 211 Å². The van der Waals surface area contributed by atoms with Gasteiger partial charge in [0.2, 0.25) is 0 Å². The number of nitrogens with one attached hydrogen (secondary N) is 1. The fourth-order valence-electron chi connectivity index (χ4n) is 18.2. The maximum Gasteiger partial charge on any atom is 0.0634 e. The molecule has 0 aliphatic carbocycles. The van der Waals surface area contributed by atoms with Crippen molar-refractivity contribution in [2.24, 2.45) is 0 Å². The molecule has 0 atom stereocenters. The molecule has 0 unspecified atom stereocenters. The average Bonchev–Trinajstić information content (AvgIpc) is 1.55. The molecule has 24 rings (SSSR count). The second-order valence-corrected chi connectivity index (χ2v) is 35.0. The van der Waals surface area contributed by atoms with Gasteiger partial charge in [0.1, 0.15) is 0 Å². The van der Waals surface area contributed by atoms with Crippen molar-refractivity contribution in [3.05, 3.63) is 490 Å². The van der Waals surface area contributed by atoms with Gasteiger partial charge in [0.15, 0.2) is 0 Å². The highest BCUT2D eigenvalue weighted by atomic mass is 79.9. The number of hydrogen-bond donors (Lipinski definition) is 1. The number of aromatic nitrogens is 2. The highest BCUT2D eigenvalue weighted by Gasteiger charge is 2.25. The van der Waals surface area contributed by atoms with Crippen molar-refractivity contribution in [1.82, 2.24) is 9.13 Å². The normalized spacial score (nSPS) is 11.3. The topological polar surface area (TPSA) is 25.1 Å². The van der Waals surface area contributed by atoms with Crippen LogP contribution in [-0.4, -0.2) is 9.13 Å². The molecule has 0 aliphatic heterocycles. The lowest BCUT2D eigenvalue weighted by atomic mass is 9.98. The number of halogens is 1. The molecule has 20 aromatic carbocycles. The van der Waals surface area contributed by atoms with Crippen LogP contribution in [0.1, 0.15) is 0 Å². The lowest BCUT2D eigenvalue weighted by Gasteiger charge is -2.26. The van der Waals surface area contributed by atoms with Gasteiger partial charge in [0.25, 0.3) is 0 Å². The summed E-state index contributed by atoms with van der Waals surface area (Å²) in [6, 6.07) is 174. The molecule has 0 saturated heterocycles. The molecule has 4 nitrogen and oxygen atoms in total. The van der Waals surface area contributed by atoms with Crippen molar-refractivity contribution >= 4 is 151 Å². The van der Waals surface area contributed by atoms with E-state index in [4.69, 9.17) is 0 Å². The number of para-hydroxylation sites is 2. The van der Waals surface area contributed by atoms with Crippen LogP contribution in [0.3, 0.4) is 0 Å². The van der Waals surface area contributed by atoms with E-state index in [1.54, 1.807) is 0 Å². The molecule has 0 radical (unpaired) electrons. The summed E-state index contributed by atoms with van der Waals surface area (Å²) in [7, 11) is 0. The maximum absolute atomic E-state index is 3.62. The SMILES string of the molecule is Brc1ccc(-c2cc3c4ccccc4n(-c4ccc(-c5ccccc5)cc4)c3c3c2sc2ccccc23)cc1.c1ccc(-c2ccc(N(c3ccc(-c4ccccc4)cc3)c3ccc(-c4cc5c6ccccc6n(-c6ccc(-c7ccccc7)cc6)c5c5c4sc4ccccc45)cc3)cc2)cc1.c1ccc(-c2ccc(Nc3ccc(-c4ccccc4)cc3)cc2)cc1. The van der Waals surface area contributed by atoms with Gasteiger partial charge in [0.05, 0.1) is 22.1 Å². The third kappa shape index (κ3) is 15.2. The van der Waals surface area contributed by atoms with Crippen LogP contribution in [0.4, 0.5) is 28.4 Å². The Morgan fingerprint density at radius 2 is 0.457 bits per heavy atom. The molecule has 4 aromatic heterocycles. The lowest BCUT2D eigenvalue weighted by molar-refractivity contribution is 1.19. The van der Waals surface area contributed by atoms with Gasteiger partial charge < -0.3 is 19.4 Å². The summed E-state index contributed by atoms with van der Waals surface area (Å²) in [6.45, 7) is 0. The highest BCUT2D eigenvalue weighted by molar-refractivity contribution is 9.10. The van der Waals surface area contributed by atoms with Gasteiger partial charge in [-0.3, -0.25) is 0 Å². The smallest absolute Gasteiger partial charge is 0.0634 e. The monoisotopic (exact) mass is 1720 g/mol. The minimum Gasteiger partial charge on any atom is -0.356 e. The van der Waals surface area contributed by atoms with E-state index in [1.807, 2.05) is 34.8 Å². The van der Waals surface area contributed by atoms with E-state index in [2.05, 4.69) is 508 Å². The Morgan fingerprint density at radius 3 is 0.772 bits per heavy atom. The Morgan fingerprint density at radius 1 is 0.213 bits per heavy atom. The van der Waals surface area contributed by atoms with Crippen LogP contribution in [-0.2, 0) is 0 Å². The van der Waals surface area contributed by atoms with Crippen molar-refractivity contribution in [1.29, 1.82) is 0 Å². The average molecular weight is 1720 g/mol. The zero-order chi connectivity index (χ0) is 84.5. The van der Waals surface area contributed by atoms with Crippen molar-refractivity contribution in [3.63, 3.8) is 0 Å². The minimum absolute atomic E-state index is 1.09. The third-order valence-electron chi connectivity index (χ3n) is 24.4. The number of rotatable bonds is 15. The third-order valence-corrected chi connectivity index (χ3v) is 27.3. The van der Waals surface area contributed by atoms with E-state index in [-0.39, 0.29) is 0 Å². The number of fused-ring (bicyclic) bond motifs is 14. The molecule has 7 heteroatoms. The number of thiophene rings is 2. The molecule has 127 heavy (non-hydrogen) atoms. The molecule has 0 aliphatic rings. The van der Waals surface area contributed by atoms with E-state index >= 15 is 0 Å². The second kappa shape index (κ2) is 34.3. The summed E-state index contributed by atoms with van der Waals surface area (Å²) < 4.78 is 11.3. The zero-order valence-electron chi connectivity index (χ0n) is 69.2. The van der Waals surface area contributed by atoms with Crippen molar-refractivity contribution < 1.29 is 0 Å². The van der Waals surface area contributed by atoms with E-state index in [0.29, 0.717) is 0 Å². The van der Waals surface area contributed by atoms with E-state index in [0.717, 1.165) is 38.6 Å². The summed E-state index contributed by atoms with van der Waals surface area (Å²) >= 11 is 7.40. The predicted octanol–water partition coefficient (Wildman–Crippen LogP) is 35.3. The van der Waals surface area contributed by atoms with Gasteiger partial charge in [-0.1, -0.05) is 368 Å². The summed E-state index contributed by atoms with van der Waals surface area (Å²) in [5.41, 5.74) is 32.4. The number of anilines is 5. The van der Waals surface area contributed by atoms with Crippen LogP contribution in [0.2, 0.25) is 0 Å². The van der Waals surface area contributed by atoms with Gasteiger partial charge in [0, 0.05) is 117 Å². The molecule has 0 saturated carbocycles. The Kier molecular flexibility index (Phi) is 21.0. The van der Waals surface area contributed by atoms with Gasteiger partial charge in [-0.2, -0.15) is 0 Å². The molecule has 4 heterocycles. The number of benzene rings is 20. The summed E-state index contributed by atoms with van der Waals surface area (Å²) in [6.07, 6.45) is 0. The number of nitrogens with zero attached hydrogens (tertiary/aromatic N) is 3. The molecule has 1 N–H and O–H groups in total. The Labute approximate surface area is 754 Å². The van der Waals surface area contributed by atoms with Crippen LogP contribution >= 0.6 is 38.6 Å². The zero-order valence-corrected chi connectivity index (χ0v) is 72.4. The van der Waals surface area contributed by atoms with Crippen molar-refractivity contribution in [2.45, 2.75) is 0 Å². The molecule has 600 valence electrons. The first-order valence-corrected chi connectivity index (χ1v) is 45.4. The van der Waals surface area contributed by atoms with E-state index < -0.39 is 0 Å². The molecule has 0 bridgehead atoms. The van der Waals surface area contributed by atoms with Crippen LogP contribution < -0.4 is 10.2 Å². The van der Waals surface area contributed by atoms with Gasteiger partial charge in [-0.25, -0.2) is 0 Å². The summed E-state index contributed by atoms with van der Waals surface area (Å²) in [5, 5.41) is 13.8. The van der Waals surface area contributed by atoms with Crippen LogP contribution in [0.15, 0.2) is 490 Å². The van der Waals surface area contributed by atoms with E-state index in [1.165, 1.54) is 179 Å². The largest absolute Gasteiger partial charge is 0.356 e. The fraction of sp³-hybridized carbons (Fsp3) is 0. The summed E-state index contributed by atoms with van der Waals surface area (Å²) in [5.74, 6) is 0. The van der Waals surface area contributed by atoms with Crippen molar-refractivity contribution in [2.75, 3.05) is 10.2 Å². The minimum atomic E-state index is 1.09. The quantitative estimate of drug-likeness (QED) is 0.111. The lowest BCUT2D eigenvalue weighted by Crippen LogP contribution is -2.09. The Hall–Kier alpha value is -15.5. The first kappa shape index (κ1) is 77.6. The van der Waals surface area contributed by atoms with Crippen LogP contribution in [0, 0.1) is 0 Å². The second-order valence-electron chi connectivity index (χ2n) is 32.0. The van der Waals surface area contributed by atoms with E-state index in [9.17, 15) is 0 Å². The predicted molar refractivity (Wildman–Crippen MR) is 549 cm³/mol. The van der Waals surface area contributed by atoms with Gasteiger partial charge >= 0.3 is 0 Å². The Balaban J connectivity index is 0.000000126. The molecule has 24 aromatic rings. The molecular formula is C120H81BrN4S2. The first-order chi connectivity index (χ1) is 62.9. The molecular weight excluding hydrogens is 1640 g/mol. The Bertz CT molecular complexity index is 7880. The molecule has 0 amide bonds. The highest BCUT2D eigenvalue weighted by Crippen LogP contribution is 2.51. The van der Waals surface area contributed by atoms with Crippen LogP contribution in [0.5, 0.6) is 0 Å². The molecule has 0 spiro atoms. The fourth-order valence-corrected chi connectivity index (χ4v) is 20.9. The number of hydrogen-bond acceptors (Lipinski definition) is 4. The summed E-state index contributed by atoms with van der Waals surface area (Å²) in [4.78, 5) is 2.36. The molecule has 0 fully saturated rings. The van der Waals surface area contributed by atoms with Crippen LogP contribution in [0.25, 0.3) is 184 Å².